The number of ether oxygens (including phenoxy) is 1. The van der Waals surface area contributed by atoms with Crippen molar-refractivity contribution in [3.05, 3.63) is 64.1 Å². The summed E-state index contributed by atoms with van der Waals surface area (Å²) in [5.41, 5.74) is 1.87. The van der Waals surface area contributed by atoms with Gasteiger partial charge in [-0.05, 0) is 71.7 Å². The van der Waals surface area contributed by atoms with Gasteiger partial charge in [-0.2, -0.15) is 0 Å². The number of nitrogens with zero attached hydrogens (tertiary/aromatic N) is 1. The first-order valence-corrected chi connectivity index (χ1v) is 9.39. The second kappa shape index (κ2) is 8.50. The van der Waals surface area contributed by atoms with Crippen molar-refractivity contribution >= 4 is 21.8 Å². The van der Waals surface area contributed by atoms with Crippen molar-refractivity contribution in [3.63, 3.8) is 0 Å². The molecule has 4 nitrogen and oxygen atoms in total. The van der Waals surface area contributed by atoms with Gasteiger partial charge in [0.05, 0.1) is 18.7 Å². The fourth-order valence-corrected chi connectivity index (χ4v) is 3.73. The van der Waals surface area contributed by atoms with Crippen molar-refractivity contribution in [2.45, 2.75) is 18.9 Å². The number of carbonyl (C=O) groups is 1. The molecule has 1 saturated heterocycles. The molecule has 1 heterocycles. The van der Waals surface area contributed by atoms with Gasteiger partial charge < -0.3 is 10.1 Å². The Morgan fingerprint density at radius 3 is 2.48 bits per heavy atom. The highest BCUT2D eigenvalue weighted by Crippen LogP contribution is 2.26. The van der Waals surface area contributed by atoms with E-state index in [1.54, 1.807) is 7.11 Å². The van der Waals surface area contributed by atoms with Gasteiger partial charge in [0.1, 0.15) is 5.75 Å². The van der Waals surface area contributed by atoms with Crippen molar-refractivity contribution < 1.29 is 9.53 Å². The van der Waals surface area contributed by atoms with Crippen molar-refractivity contribution in [1.82, 2.24) is 10.2 Å². The molecule has 3 rings (SSSR count). The third-order valence-electron chi connectivity index (χ3n) is 4.66. The first-order valence-electron chi connectivity index (χ1n) is 8.60. The van der Waals surface area contributed by atoms with Crippen molar-refractivity contribution in [1.29, 1.82) is 0 Å². The molecule has 0 aliphatic carbocycles. The number of hydrogen-bond donors (Lipinski definition) is 1. The molecular weight excluding hydrogens is 380 g/mol. The van der Waals surface area contributed by atoms with Gasteiger partial charge in [-0.3, -0.25) is 9.69 Å². The summed E-state index contributed by atoms with van der Waals surface area (Å²) < 4.78 is 6.07. The van der Waals surface area contributed by atoms with Gasteiger partial charge in [0, 0.05) is 11.0 Å². The van der Waals surface area contributed by atoms with Gasteiger partial charge in [-0.1, -0.05) is 24.3 Å². The van der Waals surface area contributed by atoms with E-state index in [1.807, 2.05) is 36.4 Å². The van der Waals surface area contributed by atoms with E-state index >= 15 is 0 Å². The minimum Gasteiger partial charge on any atom is -0.497 e. The van der Waals surface area contributed by atoms with Crippen LogP contribution in [0.5, 0.6) is 5.75 Å². The lowest BCUT2D eigenvalue weighted by atomic mass is 10.0. The van der Waals surface area contributed by atoms with Crippen LogP contribution >= 0.6 is 15.9 Å². The molecule has 0 saturated carbocycles. The molecule has 0 radical (unpaired) electrons. The third-order valence-corrected chi connectivity index (χ3v) is 5.35. The summed E-state index contributed by atoms with van der Waals surface area (Å²) in [6.07, 6.45) is 2.43. The van der Waals surface area contributed by atoms with Crippen molar-refractivity contribution in [2.24, 2.45) is 0 Å². The Labute approximate surface area is 157 Å². The third kappa shape index (κ3) is 4.41. The molecule has 1 aliphatic heterocycles. The topological polar surface area (TPSA) is 41.6 Å². The zero-order chi connectivity index (χ0) is 17.6. The quantitative estimate of drug-likeness (QED) is 0.792. The van der Waals surface area contributed by atoms with E-state index < -0.39 is 0 Å². The number of carbonyl (C=O) groups excluding carboxylic acids is 1. The number of rotatable bonds is 6. The van der Waals surface area contributed by atoms with Gasteiger partial charge in [0.2, 0.25) is 0 Å². The summed E-state index contributed by atoms with van der Waals surface area (Å²) in [7, 11) is 1.67. The molecule has 25 heavy (non-hydrogen) atoms. The van der Waals surface area contributed by atoms with Crippen LogP contribution in [0.25, 0.3) is 0 Å². The Hall–Kier alpha value is -1.85. The van der Waals surface area contributed by atoms with Crippen LogP contribution in [0.4, 0.5) is 0 Å². The number of amides is 1. The molecule has 1 atom stereocenters. The monoisotopic (exact) mass is 402 g/mol. The maximum Gasteiger partial charge on any atom is 0.252 e. The van der Waals surface area contributed by atoms with Crippen LogP contribution in [0.3, 0.4) is 0 Å². The molecule has 0 spiro atoms. The standard InChI is InChI=1S/C20H23BrN2O2/c1-25-16-10-8-15(9-11-16)19(23-12-4-5-13-23)14-22-20(24)17-6-2-3-7-18(17)21/h2-3,6-11,19H,4-5,12-14H2,1H3,(H,22,24). The van der Waals surface area contributed by atoms with Crippen molar-refractivity contribution in [3.8, 4) is 5.75 Å². The summed E-state index contributed by atoms with van der Waals surface area (Å²) in [4.78, 5) is 15.0. The molecular formula is C20H23BrN2O2. The van der Waals surface area contributed by atoms with Crippen LogP contribution in [0, 0.1) is 0 Å². The molecule has 1 fully saturated rings. The minimum absolute atomic E-state index is 0.0508. The fourth-order valence-electron chi connectivity index (χ4n) is 3.27. The Morgan fingerprint density at radius 1 is 1.16 bits per heavy atom. The Balaban J connectivity index is 1.73. The average Bonchev–Trinajstić information content (AvgIpc) is 3.17. The van der Waals surface area contributed by atoms with Crippen LogP contribution in [0.2, 0.25) is 0 Å². The second-order valence-electron chi connectivity index (χ2n) is 6.22. The summed E-state index contributed by atoms with van der Waals surface area (Å²) >= 11 is 3.45. The molecule has 132 valence electrons. The van der Waals surface area contributed by atoms with E-state index in [2.05, 4.69) is 38.3 Å². The molecule has 0 aromatic heterocycles. The number of likely N-dealkylation sites (tertiary alicyclic amines) is 1. The Morgan fingerprint density at radius 2 is 1.84 bits per heavy atom. The largest absolute Gasteiger partial charge is 0.497 e. The summed E-state index contributed by atoms with van der Waals surface area (Å²) in [5, 5.41) is 3.10. The molecule has 1 N–H and O–H groups in total. The van der Waals surface area contributed by atoms with E-state index in [4.69, 9.17) is 4.74 Å². The normalized spacial score (nSPS) is 15.8. The zero-order valence-corrected chi connectivity index (χ0v) is 16.0. The fraction of sp³-hybridized carbons (Fsp3) is 0.350. The lowest BCUT2D eigenvalue weighted by Gasteiger charge is -2.28. The molecule has 2 aromatic carbocycles. The maximum absolute atomic E-state index is 12.5. The highest BCUT2D eigenvalue weighted by atomic mass is 79.9. The number of nitrogens with one attached hydrogen (secondary N) is 1. The Bertz CT molecular complexity index is 712. The van der Waals surface area contributed by atoms with E-state index in [9.17, 15) is 4.79 Å². The van der Waals surface area contributed by atoms with Gasteiger partial charge in [0.25, 0.3) is 5.91 Å². The van der Waals surface area contributed by atoms with Gasteiger partial charge in [-0.15, -0.1) is 0 Å². The minimum atomic E-state index is -0.0508. The predicted molar refractivity (Wildman–Crippen MR) is 103 cm³/mol. The number of methoxy groups -OCH3 is 1. The van der Waals surface area contributed by atoms with Gasteiger partial charge in [-0.25, -0.2) is 0 Å². The van der Waals surface area contributed by atoms with Crippen molar-refractivity contribution in [2.75, 3.05) is 26.7 Å². The number of benzene rings is 2. The first-order chi connectivity index (χ1) is 12.2. The van der Waals surface area contributed by atoms with Crippen LogP contribution in [-0.2, 0) is 0 Å². The highest BCUT2D eigenvalue weighted by Gasteiger charge is 2.24. The van der Waals surface area contributed by atoms with E-state index in [0.29, 0.717) is 12.1 Å². The smallest absolute Gasteiger partial charge is 0.252 e. The van der Waals surface area contributed by atoms with E-state index in [1.165, 1.54) is 18.4 Å². The zero-order valence-electron chi connectivity index (χ0n) is 14.4. The summed E-state index contributed by atoms with van der Waals surface area (Å²) in [6.45, 7) is 2.73. The van der Waals surface area contributed by atoms with E-state index in [-0.39, 0.29) is 11.9 Å². The molecule has 0 bridgehead atoms. The molecule has 1 unspecified atom stereocenters. The molecule has 5 heteroatoms. The number of hydrogen-bond acceptors (Lipinski definition) is 3. The lowest BCUT2D eigenvalue weighted by Crippen LogP contribution is -2.36. The maximum atomic E-state index is 12.5. The lowest BCUT2D eigenvalue weighted by molar-refractivity contribution is 0.0937. The van der Waals surface area contributed by atoms with Gasteiger partial charge in [0.15, 0.2) is 0 Å². The molecule has 1 amide bonds. The molecule has 2 aromatic rings. The summed E-state index contributed by atoms with van der Waals surface area (Å²) in [5.74, 6) is 0.798. The Kier molecular flexibility index (Phi) is 6.10. The van der Waals surface area contributed by atoms with Crippen LogP contribution in [-0.4, -0.2) is 37.6 Å². The van der Waals surface area contributed by atoms with Crippen LogP contribution < -0.4 is 10.1 Å². The average molecular weight is 403 g/mol. The highest BCUT2D eigenvalue weighted by molar-refractivity contribution is 9.10. The van der Waals surface area contributed by atoms with E-state index in [0.717, 1.165) is 23.3 Å². The predicted octanol–water partition coefficient (Wildman–Crippen LogP) is 4.02. The number of halogens is 1. The van der Waals surface area contributed by atoms with Crippen LogP contribution in [0.1, 0.15) is 34.8 Å². The second-order valence-corrected chi connectivity index (χ2v) is 7.08. The van der Waals surface area contributed by atoms with Crippen LogP contribution in [0.15, 0.2) is 53.0 Å². The SMILES string of the molecule is COc1ccc(C(CNC(=O)c2ccccc2Br)N2CCCC2)cc1. The summed E-state index contributed by atoms with van der Waals surface area (Å²) in [6, 6.07) is 15.8. The molecule has 1 aliphatic rings. The van der Waals surface area contributed by atoms with Gasteiger partial charge >= 0.3 is 0 Å². The first kappa shape index (κ1) is 18.0.